The first kappa shape index (κ1) is 13.4. The molecule has 0 bridgehead atoms. The van der Waals surface area contributed by atoms with E-state index in [4.69, 9.17) is 0 Å². The number of hydrogen-bond donors (Lipinski definition) is 0. The van der Waals surface area contributed by atoms with Gasteiger partial charge in [0.15, 0.2) is 0 Å². The molecule has 0 spiro atoms. The summed E-state index contributed by atoms with van der Waals surface area (Å²) < 4.78 is 24.8. The topological polar surface area (TPSA) is 3.24 Å². The Balaban J connectivity index is 4.22. The molecular weight excluding hydrogens is 184 g/mol. The Bertz CT molecular complexity index is 178. The molecule has 0 aliphatic rings. The summed E-state index contributed by atoms with van der Waals surface area (Å²) in [6, 6.07) is 0. The molecule has 0 rings (SSSR count). The second-order valence-corrected chi connectivity index (χ2v) is 4.05. The Hall–Kier alpha value is -0.600. The average Bonchev–Trinajstić information content (AvgIpc) is 2.12. The monoisotopic (exact) mass is 205 g/mol. The van der Waals surface area contributed by atoms with Gasteiger partial charge in [0.2, 0.25) is 0 Å². The molecule has 0 heterocycles. The molecule has 14 heavy (non-hydrogen) atoms. The number of allylic oxidation sites excluding steroid dienone is 1. The fourth-order valence-electron chi connectivity index (χ4n) is 1.15. The van der Waals surface area contributed by atoms with Gasteiger partial charge in [0, 0.05) is 13.1 Å². The molecule has 0 aliphatic heterocycles. The molecule has 1 unspecified atom stereocenters. The quantitative estimate of drug-likeness (QED) is 0.642. The zero-order valence-electron chi connectivity index (χ0n) is 9.56. The molecule has 0 radical (unpaired) electrons. The Morgan fingerprint density at radius 1 is 1.29 bits per heavy atom. The van der Waals surface area contributed by atoms with Gasteiger partial charge < -0.3 is 4.90 Å². The molecule has 0 amide bonds. The van der Waals surface area contributed by atoms with E-state index in [1.54, 1.807) is 4.90 Å². The van der Waals surface area contributed by atoms with Crippen molar-refractivity contribution in [1.29, 1.82) is 0 Å². The van der Waals surface area contributed by atoms with Crippen LogP contribution < -0.4 is 0 Å². The molecule has 0 fully saturated rings. The highest BCUT2D eigenvalue weighted by atomic mass is 19.3. The van der Waals surface area contributed by atoms with E-state index in [0.29, 0.717) is 24.9 Å². The molecule has 1 atom stereocenters. The van der Waals surface area contributed by atoms with Gasteiger partial charge >= 0.3 is 0 Å². The predicted molar refractivity (Wildman–Crippen MR) is 56.4 cm³/mol. The van der Waals surface area contributed by atoms with Gasteiger partial charge in [-0.3, -0.25) is 0 Å². The van der Waals surface area contributed by atoms with Crippen LogP contribution in [0.3, 0.4) is 0 Å². The molecule has 0 N–H and O–H groups in total. The van der Waals surface area contributed by atoms with Crippen molar-refractivity contribution in [3.63, 3.8) is 0 Å². The fraction of sp³-hybridized carbons (Fsp3) is 0.818. The first-order valence-electron chi connectivity index (χ1n) is 5.12. The minimum Gasteiger partial charge on any atom is -0.371 e. The first-order chi connectivity index (χ1) is 6.40. The number of halogens is 2. The summed E-state index contributed by atoms with van der Waals surface area (Å²) in [7, 11) is 0. The van der Waals surface area contributed by atoms with Crippen LogP contribution in [0.5, 0.6) is 0 Å². The summed E-state index contributed by atoms with van der Waals surface area (Å²) in [6.07, 6.45) is -2.44. The van der Waals surface area contributed by atoms with Crippen molar-refractivity contribution in [2.45, 2.75) is 34.1 Å². The minimum absolute atomic E-state index is 0.0556. The highest BCUT2D eigenvalue weighted by Gasteiger charge is 2.18. The van der Waals surface area contributed by atoms with E-state index in [1.165, 1.54) is 0 Å². The van der Waals surface area contributed by atoms with Crippen LogP contribution >= 0.6 is 0 Å². The zero-order chi connectivity index (χ0) is 11.3. The standard InChI is InChI=1S/C11H21F2N/c1-6-14(10(5)11(12)13)7-9(4)8(2)3/h8-9,11H,5-7H2,1-4H3. The van der Waals surface area contributed by atoms with Gasteiger partial charge in [0.1, 0.15) is 0 Å². The van der Waals surface area contributed by atoms with E-state index >= 15 is 0 Å². The van der Waals surface area contributed by atoms with E-state index in [9.17, 15) is 8.78 Å². The Labute approximate surface area is 85.8 Å². The Morgan fingerprint density at radius 2 is 1.79 bits per heavy atom. The van der Waals surface area contributed by atoms with Gasteiger partial charge in [-0.1, -0.05) is 27.4 Å². The van der Waals surface area contributed by atoms with Gasteiger partial charge in [-0.05, 0) is 18.8 Å². The highest BCUT2D eigenvalue weighted by Crippen LogP contribution is 2.17. The maximum absolute atomic E-state index is 12.4. The van der Waals surface area contributed by atoms with Gasteiger partial charge in [0.05, 0.1) is 5.70 Å². The third-order valence-electron chi connectivity index (χ3n) is 2.69. The van der Waals surface area contributed by atoms with Crippen molar-refractivity contribution in [2.75, 3.05) is 13.1 Å². The van der Waals surface area contributed by atoms with E-state index in [0.717, 1.165) is 0 Å². The van der Waals surface area contributed by atoms with Crippen LogP contribution in [0.2, 0.25) is 0 Å². The number of hydrogen-bond acceptors (Lipinski definition) is 1. The van der Waals surface area contributed by atoms with E-state index in [-0.39, 0.29) is 5.70 Å². The second-order valence-electron chi connectivity index (χ2n) is 4.05. The molecule has 84 valence electrons. The highest BCUT2D eigenvalue weighted by molar-refractivity contribution is 4.97. The smallest absolute Gasteiger partial charge is 0.277 e. The van der Waals surface area contributed by atoms with E-state index < -0.39 is 6.43 Å². The van der Waals surface area contributed by atoms with Gasteiger partial charge in [-0.2, -0.15) is 0 Å². The summed E-state index contributed by atoms with van der Waals surface area (Å²) in [5.41, 5.74) is -0.0556. The largest absolute Gasteiger partial charge is 0.371 e. The maximum atomic E-state index is 12.4. The van der Waals surface area contributed by atoms with Crippen LogP contribution in [0.4, 0.5) is 8.78 Å². The average molecular weight is 205 g/mol. The van der Waals surface area contributed by atoms with Crippen molar-refractivity contribution in [1.82, 2.24) is 4.90 Å². The van der Waals surface area contributed by atoms with Crippen LogP contribution in [0, 0.1) is 11.8 Å². The van der Waals surface area contributed by atoms with E-state index in [2.05, 4.69) is 27.4 Å². The van der Waals surface area contributed by atoms with Crippen LogP contribution in [0.1, 0.15) is 27.7 Å². The van der Waals surface area contributed by atoms with Crippen molar-refractivity contribution in [2.24, 2.45) is 11.8 Å². The maximum Gasteiger partial charge on any atom is 0.277 e. The Morgan fingerprint density at radius 3 is 2.07 bits per heavy atom. The summed E-state index contributed by atoms with van der Waals surface area (Å²) in [4.78, 5) is 1.66. The summed E-state index contributed by atoms with van der Waals surface area (Å²) in [6.45, 7) is 12.8. The van der Waals surface area contributed by atoms with Crippen molar-refractivity contribution in [3.05, 3.63) is 12.3 Å². The van der Waals surface area contributed by atoms with Gasteiger partial charge in [-0.15, -0.1) is 0 Å². The van der Waals surface area contributed by atoms with Crippen LogP contribution in [0.25, 0.3) is 0 Å². The second kappa shape index (κ2) is 5.99. The summed E-state index contributed by atoms with van der Waals surface area (Å²) >= 11 is 0. The number of nitrogens with zero attached hydrogens (tertiary/aromatic N) is 1. The van der Waals surface area contributed by atoms with Crippen molar-refractivity contribution < 1.29 is 8.78 Å². The molecule has 1 nitrogen and oxygen atoms in total. The Kier molecular flexibility index (Phi) is 5.73. The fourth-order valence-corrected chi connectivity index (χ4v) is 1.15. The van der Waals surface area contributed by atoms with Crippen LogP contribution in [-0.2, 0) is 0 Å². The molecule has 3 heteroatoms. The summed E-state index contributed by atoms with van der Waals surface area (Å²) in [5, 5.41) is 0. The van der Waals surface area contributed by atoms with Crippen molar-refractivity contribution >= 4 is 0 Å². The predicted octanol–water partition coefficient (Wildman–Crippen LogP) is 3.38. The lowest BCUT2D eigenvalue weighted by Crippen LogP contribution is -2.31. The van der Waals surface area contributed by atoms with Gasteiger partial charge in [-0.25, -0.2) is 8.78 Å². The lowest BCUT2D eigenvalue weighted by Gasteiger charge is -2.29. The molecule has 0 aromatic heterocycles. The summed E-state index contributed by atoms with van der Waals surface area (Å²) in [5.74, 6) is 0.917. The van der Waals surface area contributed by atoms with Gasteiger partial charge in [0.25, 0.3) is 6.43 Å². The van der Waals surface area contributed by atoms with Crippen molar-refractivity contribution in [3.8, 4) is 0 Å². The van der Waals surface area contributed by atoms with Crippen LogP contribution in [0.15, 0.2) is 12.3 Å². The lowest BCUT2D eigenvalue weighted by molar-refractivity contribution is 0.131. The normalized spacial score (nSPS) is 13.4. The first-order valence-corrected chi connectivity index (χ1v) is 5.12. The number of rotatable bonds is 6. The molecule has 0 saturated heterocycles. The molecule has 0 aromatic carbocycles. The molecule has 0 saturated carbocycles. The third kappa shape index (κ3) is 4.07. The SMILES string of the molecule is C=C(C(F)F)N(CC)CC(C)C(C)C. The third-order valence-corrected chi connectivity index (χ3v) is 2.69. The lowest BCUT2D eigenvalue weighted by atomic mass is 9.97. The molecular formula is C11H21F2N. The molecule has 0 aromatic rings. The minimum atomic E-state index is -2.44. The molecule has 0 aliphatic carbocycles. The number of alkyl halides is 2. The van der Waals surface area contributed by atoms with E-state index in [1.807, 2.05) is 6.92 Å². The zero-order valence-corrected chi connectivity index (χ0v) is 9.56. The van der Waals surface area contributed by atoms with Crippen LogP contribution in [-0.4, -0.2) is 24.4 Å².